The molecule has 0 aromatic heterocycles. The lowest BCUT2D eigenvalue weighted by molar-refractivity contribution is 1.26. The Balaban J connectivity index is 2.33. The third kappa shape index (κ3) is 1.73. The second-order valence-electron chi connectivity index (χ2n) is 1.46. The molecule has 0 spiro atoms. The van der Waals surface area contributed by atoms with Gasteiger partial charge in [-0.25, -0.2) is 0 Å². The van der Waals surface area contributed by atoms with Gasteiger partial charge in [-0.05, 0) is 0 Å². The second kappa shape index (κ2) is 3.43. The maximum Gasteiger partial charge on any atom is 0.0374 e. The average Bonchev–Trinajstić information content (AvgIpc) is 2.19. The Labute approximate surface area is 58.1 Å². The van der Waals surface area contributed by atoms with Crippen molar-refractivity contribution < 1.29 is 0 Å². The van der Waals surface area contributed by atoms with Crippen molar-refractivity contribution >= 4 is 23.5 Å². The molecule has 1 heterocycles. The Hall–Kier alpha value is 0.400. The highest BCUT2D eigenvalue weighted by molar-refractivity contribution is 8.25. The molecule has 1 aliphatic heterocycles. The van der Waals surface area contributed by atoms with Gasteiger partial charge >= 0.3 is 0 Å². The molecule has 0 aromatic carbocycles. The van der Waals surface area contributed by atoms with Gasteiger partial charge in [-0.15, -0.1) is 23.5 Å². The van der Waals surface area contributed by atoms with E-state index in [1.54, 1.807) is 0 Å². The smallest absolute Gasteiger partial charge is 0.0374 e. The third-order valence-electron chi connectivity index (χ3n) is 0.856. The zero-order valence-electron chi connectivity index (χ0n) is 4.59. The monoisotopic (exact) mass is 147 g/mol. The molecule has 0 aliphatic carbocycles. The van der Waals surface area contributed by atoms with Crippen molar-refractivity contribution in [3.63, 3.8) is 0 Å². The van der Waals surface area contributed by atoms with Gasteiger partial charge < -0.3 is 5.73 Å². The number of thioether (sulfide) groups is 2. The van der Waals surface area contributed by atoms with E-state index in [0.29, 0.717) is 6.54 Å². The highest BCUT2D eigenvalue weighted by atomic mass is 32.2. The fraction of sp³-hybridized carbons (Fsp3) is 0.600. The summed E-state index contributed by atoms with van der Waals surface area (Å²) >= 11 is 3.82. The van der Waals surface area contributed by atoms with Gasteiger partial charge in [-0.1, -0.05) is 6.08 Å². The van der Waals surface area contributed by atoms with Gasteiger partial charge in [0.25, 0.3) is 0 Å². The summed E-state index contributed by atoms with van der Waals surface area (Å²) in [5, 5.41) is 0. The van der Waals surface area contributed by atoms with Gasteiger partial charge in [-0.2, -0.15) is 0 Å². The van der Waals surface area contributed by atoms with Crippen LogP contribution in [0.15, 0.2) is 10.3 Å². The van der Waals surface area contributed by atoms with Gasteiger partial charge in [0.1, 0.15) is 0 Å². The molecular formula is C5H9NS2. The fourth-order valence-corrected chi connectivity index (χ4v) is 2.87. The van der Waals surface area contributed by atoms with Crippen molar-refractivity contribution in [1.82, 2.24) is 0 Å². The summed E-state index contributed by atoms with van der Waals surface area (Å²) in [6, 6.07) is 0. The number of hydrogen-bond donors (Lipinski definition) is 1. The lowest BCUT2D eigenvalue weighted by atomic mass is 10.7. The molecule has 2 N–H and O–H groups in total. The molecule has 0 bridgehead atoms. The van der Waals surface area contributed by atoms with Crippen molar-refractivity contribution in [2.45, 2.75) is 0 Å². The topological polar surface area (TPSA) is 26.0 Å². The molecule has 0 aromatic rings. The van der Waals surface area contributed by atoms with Crippen molar-refractivity contribution in [2.75, 3.05) is 18.1 Å². The number of rotatable bonds is 1. The van der Waals surface area contributed by atoms with Crippen LogP contribution < -0.4 is 5.73 Å². The van der Waals surface area contributed by atoms with Crippen LogP contribution in [-0.2, 0) is 0 Å². The minimum Gasteiger partial charge on any atom is -0.327 e. The maximum absolute atomic E-state index is 5.31. The molecule has 0 saturated carbocycles. The van der Waals surface area contributed by atoms with Crippen LogP contribution in [0.4, 0.5) is 0 Å². The van der Waals surface area contributed by atoms with Gasteiger partial charge in [0.05, 0.1) is 0 Å². The van der Waals surface area contributed by atoms with Crippen molar-refractivity contribution in [3.05, 3.63) is 10.3 Å². The summed E-state index contributed by atoms with van der Waals surface area (Å²) in [7, 11) is 0. The van der Waals surface area contributed by atoms with Crippen LogP contribution in [0.1, 0.15) is 0 Å². The summed E-state index contributed by atoms with van der Waals surface area (Å²) in [6.07, 6.45) is 2.09. The van der Waals surface area contributed by atoms with Crippen LogP contribution in [0.25, 0.3) is 0 Å². The normalized spacial score (nSPS) is 19.4. The minimum absolute atomic E-state index is 0.690. The van der Waals surface area contributed by atoms with Crippen LogP contribution in [-0.4, -0.2) is 18.1 Å². The van der Waals surface area contributed by atoms with Crippen molar-refractivity contribution in [3.8, 4) is 0 Å². The molecule has 3 heteroatoms. The quantitative estimate of drug-likeness (QED) is 0.605. The van der Waals surface area contributed by atoms with Crippen LogP contribution >= 0.6 is 23.5 Å². The number of nitrogens with two attached hydrogens (primary N) is 1. The Morgan fingerprint density at radius 1 is 1.50 bits per heavy atom. The number of hydrogen-bond acceptors (Lipinski definition) is 3. The van der Waals surface area contributed by atoms with E-state index in [1.165, 1.54) is 15.7 Å². The Bertz CT molecular complexity index is 92.6. The standard InChI is InChI=1S/C5H9NS2/c6-2-1-5-7-3-4-8-5/h1H,2-4,6H2. The molecule has 1 rings (SSSR count). The highest BCUT2D eigenvalue weighted by Gasteiger charge is 2.05. The molecule has 8 heavy (non-hydrogen) atoms. The van der Waals surface area contributed by atoms with Gasteiger partial charge in [0, 0.05) is 22.3 Å². The van der Waals surface area contributed by atoms with Gasteiger partial charge in [0.15, 0.2) is 0 Å². The van der Waals surface area contributed by atoms with Gasteiger partial charge in [0.2, 0.25) is 0 Å². The summed E-state index contributed by atoms with van der Waals surface area (Å²) in [5.41, 5.74) is 5.31. The Morgan fingerprint density at radius 2 is 2.12 bits per heavy atom. The Morgan fingerprint density at radius 3 is 2.62 bits per heavy atom. The molecule has 0 amide bonds. The first-order chi connectivity index (χ1) is 3.93. The van der Waals surface area contributed by atoms with Crippen LogP contribution in [0.2, 0.25) is 0 Å². The predicted octanol–water partition coefficient (Wildman–Crippen LogP) is 1.27. The summed E-state index contributed by atoms with van der Waals surface area (Å²) in [4.78, 5) is 0. The van der Waals surface area contributed by atoms with E-state index < -0.39 is 0 Å². The van der Waals surface area contributed by atoms with E-state index >= 15 is 0 Å². The van der Waals surface area contributed by atoms with E-state index in [1.807, 2.05) is 23.5 Å². The van der Waals surface area contributed by atoms with E-state index in [4.69, 9.17) is 5.73 Å². The minimum atomic E-state index is 0.690. The molecule has 0 radical (unpaired) electrons. The first-order valence-corrected chi connectivity index (χ1v) is 4.56. The lowest BCUT2D eigenvalue weighted by Crippen LogP contribution is -1.92. The molecular weight excluding hydrogens is 138 g/mol. The summed E-state index contributed by atoms with van der Waals surface area (Å²) in [6.45, 7) is 0.690. The van der Waals surface area contributed by atoms with Crippen LogP contribution in [0.3, 0.4) is 0 Å². The average molecular weight is 147 g/mol. The molecule has 1 fully saturated rings. The summed E-state index contributed by atoms with van der Waals surface area (Å²) in [5.74, 6) is 2.52. The van der Waals surface area contributed by atoms with E-state index in [-0.39, 0.29) is 0 Å². The molecule has 1 saturated heterocycles. The maximum atomic E-state index is 5.31. The zero-order chi connectivity index (χ0) is 5.82. The lowest BCUT2D eigenvalue weighted by Gasteiger charge is -1.87. The van der Waals surface area contributed by atoms with E-state index in [0.717, 1.165) is 0 Å². The zero-order valence-corrected chi connectivity index (χ0v) is 6.23. The fourth-order valence-electron chi connectivity index (χ4n) is 0.540. The van der Waals surface area contributed by atoms with Crippen LogP contribution in [0, 0.1) is 0 Å². The molecule has 1 aliphatic rings. The van der Waals surface area contributed by atoms with Crippen molar-refractivity contribution in [2.24, 2.45) is 5.73 Å². The SMILES string of the molecule is NCC=C1SCCS1. The molecule has 0 atom stereocenters. The molecule has 46 valence electrons. The van der Waals surface area contributed by atoms with E-state index in [9.17, 15) is 0 Å². The molecule has 0 unspecified atom stereocenters. The molecule has 1 nitrogen and oxygen atoms in total. The van der Waals surface area contributed by atoms with Crippen molar-refractivity contribution in [1.29, 1.82) is 0 Å². The third-order valence-corrected chi connectivity index (χ3v) is 3.54. The second-order valence-corrected chi connectivity index (χ2v) is 3.99. The largest absolute Gasteiger partial charge is 0.327 e. The summed E-state index contributed by atoms with van der Waals surface area (Å²) < 4.78 is 1.41. The first kappa shape index (κ1) is 6.52. The van der Waals surface area contributed by atoms with E-state index in [2.05, 4.69) is 6.08 Å². The van der Waals surface area contributed by atoms with Crippen LogP contribution in [0.5, 0.6) is 0 Å². The first-order valence-electron chi connectivity index (χ1n) is 2.59. The predicted molar refractivity (Wildman–Crippen MR) is 42.1 cm³/mol. The highest BCUT2D eigenvalue weighted by Crippen LogP contribution is 2.35. The van der Waals surface area contributed by atoms with Gasteiger partial charge in [-0.3, -0.25) is 0 Å². The Kier molecular flexibility index (Phi) is 2.80.